The van der Waals surface area contributed by atoms with Crippen molar-refractivity contribution < 1.29 is 29.4 Å². The minimum Gasteiger partial charge on any atom is -0.504 e. The second-order valence-electron chi connectivity index (χ2n) is 9.57. The molecule has 4 rings (SSSR count). The molecule has 178 valence electrons. The summed E-state index contributed by atoms with van der Waals surface area (Å²) in [7, 11) is 2.11. The number of imide groups is 1. The molecule has 1 aliphatic carbocycles. The molecule has 33 heavy (non-hydrogen) atoms. The minimum absolute atomic E-state index is 0.0473. The van der Waals surface area contributed by atoms with Crippen LogP contribution in [0.1, 0.15) is 62.1 Å². The number of phenolic OH excluding ortho intramolecular Hbond substituents is 2. The summed E-state index contributed by atoms with van der Waals surface area (Å²) in [4.78, 5) is 43.0. The Morgan fingerprint density at radius 2 is 1.91 bits per heavy atom. The Kier molecular flexibility index (Phi) is 6.22. The van der Waals surface area contributed by atoms with E-state index in [1.165, 1.54) is 6.07 Å². The van der Waals surface area contributed by atoms with E-state index in [9.17, 15) is 24.6 Å². The lowest BCUT2D eigenvalue weighted by Crippen LogP contribution is -2.54. The summed E-state index contributed by atoms with van der Waals surface area (Å²) in [5.74, 6) is -1.79. The third-order valence-corrected chi connectivity index (χ3v) is 7.81. The molecule has 1 aromatic carbocycles. The molecule has 1 aromatic rings. The monoisotopic (exact) mass is 456 g/mol. The van der Waals surface area contributed by atoms with Gasteiger partial charge in [0.2, 0.25) is 0 Å². The number of carbonyl (C=O) groups excluding carboxylic acids is 3. The van der Waals surface area contributed by atoms with Gasteiger partial charge in [-0.2, -0.15) is 0 Å². The van der Waals surface area contributed by atoms with Crippen molar-refractivity contribution in [3.8, 4) is 11.5 Å². The van der Waals surface area contributed by atoms with Crippen molar-refractivity contribution in [3.05, 3.63) is 34.9 Å². The van der Waals surface area contributed by atoms with Crippen LogP contribution in [0.3, 0.4) is 0 Å². The molecule has 2 saturated heterocycles. The van der Waals surface area contributed by atoms with Gasteiger partial charge in [0.05, 0.1) is 6.42 Å². The molecule has 3 unspecified atom stereocenters. The third-order valence-electron chi connectivity index (χ3n) is 7.81. The number of phenols is 2. The first-order valence-electron chi connectivity index (χ1n) is 11.6. The average Bonchev–Trinajstić information content (AvgIpc) is 3.10. The Morgan fingerprint density at radius 1 is 1.21 bits per heavy atom. The van der Waals surface area contributed by atoms with E-state index in [1.807, 2.05) is 6.92 Å². The van der Waals surface area contributed by atoms with Gasteiger partial charge in [-0.15, -0.1) is 5.06 Å². The van der Waals surface area contributed by atoms with Crippen LogP contribution in [0.2, 0.25) is 0 Å². The molecule has 2 fully saturated rings. The number of fused-ring (bicyclic) bond motifs is 1. The van der Waals surface area contributed by atoms with Crippen LogP contribution in [0.25, 0.3) is 0 Å². The first-order valence-corrected chi connectivity index (χ1v) is 11.6. The van der Waals surface area contributed by atoms with E-state index in [0.29, 0.717) is 5.06 Å². The Hall–Kier alpha value is -2.87. The van der Waals surface area contributed by atoms with Gasteiger partial charge in [-0.1, -0.05) is 12.2 Å². The fourth-order valence-corrected chi connectivity index (χ4v) is 5.84. The van der Waals surface area contributed by atoms with E-state index in [4.69, 9.17) is 4.84 Å². The van der Waals surface area contributed by atoms with Crippen molar-refractivity contribution in [2.45, 2.75) is 70.3 Å². The maximum Gasteiger partial charge on any atom is 0.333 e. The molecule has 2 heterocycles. The molecule has 2 N–H and O–H groups in total. The van der Waals surface area contributed by atoms with Gasteiger partial charge in [0, 0.05) is 35.8 Å². The molecule has 0 radical (unpaired) electrons. The normalized spacial score (nSPS) is 27.7. The van der Waals surface area contributed by atoms with Crippen LogP contribution in [0, 0.1) is 12.8 Å². The van der Waals surface area contributed by atoms with Gasteiger partial charge in [0.15, 0.2) is 11.5 Å². The highest BCUT2D eigenvalue weighted by molar-refractivity contribution is 6.01. The van der Waals surface area contributed by atoms with E-state index in [2.05, 4.69) is 31.0 Å². The molecule has 8 heteroatoms. The summed E-state index contributed by atoms with van der Waals surface area (Å²) in [5, 5.41) is 22.2. The number of nitrogens with zero attached hydrogens (tertiary/aromatic N) is 2. The van der Waals surface area contributed by atoms with Crippen LogP contribution < -0.4 is 0 Å². The van der Waals surface area contributed by atoms with Crippen LogP contribution in [0.15, 0.2) is 18.2 Å². The molecule has 0 bridgehead atoms. The summed E-state index contributed by atoms with van der Waals surface area (Å²) in [5.41, 5.74) is 2.08. The number of hydrogen-bond acceptors (Lipinski definition) is 7. The SMILES string of the molecule is Cc1c(CCC(=O)ON2C(=O)CCC2=O)cc(O)c(O)c1C12CCC=CC1C(C)N(C)CC2. The van der Waals surface area contributed by atoms with Gasteiger partial charge in [0.25, 0.3) is 11.8 Å². The molecule has 3 atom stereocenters. The highest BCUT2D eigenvalue weighted by Gasteiger charge is 2.49. The zero-order valence-electron chi connectivity index (χ0n) is 19.5. The summed E-state index contributed by atoms with van der Waals surface area (Å²) in [6.07, 6.45) is 7.38. The van der Waals surface area contributed by atoms with Crippen molar-refractivity contribution >= 4 is 17.8 Å². The number of amides is 2. The molecular weight excluding hydrogens is 424 g/mol. The Bertz CT molecular complexity index is 1000. The average molecular weight is 457 g/mol. The number of allylic oxidation sites excluding steroid dienone is 1. The zero-order valence-corrected chi connectivity index (χ0v) is 19.5. The van der Waals surface area contributed by atoms with Gasteiger partial charge < -0.3 is 20.0 Å². The Balaban J connectivity index is 1.61. The number of likely N-dealkylation sites (tertiary alicyclic amines) is 1. The molecule has 2 amide bonds. The quantitative estimate of drug-likeness (QED) is 0.399. The fourth-order valence-electron chi connectivity index (χ4n) is 5.84. The van der Waals surface area contributed by atoms with Crippen LogP contribution in [0.4, 0.5) is 0 Å². The topological polar surface area (TPSA) is 107 Å². The summed E-state index contributed by atoms with van der Waals surface area (Å²) in [6.45, 7) is 5.01. The number of aromatic hydroxyl groups is 2. The number of carbonyl (C=O) groups is 3. The number of hydrogen-bond donors (Lipinski definition) is 2. The predicted octanol–water partition coefficient (Wildman–Crippen LogP) is 2.87. The highest BCUT2D eigenvalue weighted by atomic mass is 16.7. The van der Waals surface area contributed by atoms with Crippen LogP contribution in [-0.4, -0.2) is 57.6 Å². The van der Waals surface area contributed by atoms with E-state index in [1.54, 1.807) is 0 Å². The maximum absolute atomic E-state index is 12.3. The van der Waals surface area contributed by atoms with Crippen molar-refractivity contribution in [1.29, 1.82) is 0 Å². The fraction of sp³-hybridized carbons (Fsp3) is 0.560. The minimum atomic E-state index is -0.684. The van der Waals surface area contributed by atoms with Gasteiger partial charge in [-0.25, -0.2) is 4.79 Å². The van der Waals surface area contributed by atoms with Gasteiger partial charge >= 0.3 is 5.97 Å². The van der Waals surface area contributed by atoms with E-state index < -0.39 is 17.8 Å². The molecule has 3 aliphatic rings. The second-order valence-corrected chi connectivity index (χ2v) is 9.57. The lowest BCUT2D eigenvalue weighted by atomic mass is 9.58. The van der Waals surface area contributed by atoms with Gasteiger partial charge in [-0.3, -0.25) is 9.59 Å². The van der Waals surface area contributed by atoms with E-state index in [-0.39, 0.29) is 54.6 Å². The summed E-state index contributed by atoms with van der Waals surface area (Å²) >= 11 is 0. The smallest absolute Gasteiger partial charge is 0.333 e. The van der Waals surface area contributed by atoms with Crippen LogP contribution in [0.5, 0.6) is 11.5 Å². The van der Waals surface area contributed by atoms with Crippen molar-refractivity contribution in [2.24, 2.45) is 5.92 Å². The predicted molar refractivity (Wildman–Crippen MR) is 120 cm³/mol. The highest BCUT2D eigenvalue weighted by Crippen LogP contribution is 2.54. The molecular formula is C25H32N2O6. The Labute approximate surface area is 193 Å². The maximum atomic E-state index is 12.3. The molecule has 8 nitrogen and oxygen atoms in total. The lowest BCUT2D eigenvalue weighted by Gasteiger charge is -2.52. The lowest BCUT2D eigenvalue weighted by molar-refractivity contribution is -0.197. The number of piperidine rings is 1. The van der Waals surface area contributed by atoms with Crippen molar-refractivity contribution in [2.75, 3.05) is 13.6 Å². The first kappa shape index (κ1) is 23.3. The number of rotatable bonds is 5. The molecule has 0 spiro atoms. The van der Waals surface area contributed by atoms with Crippen LogP contribution >= 0.6 is 0 Å². The van der Waals surface area contributed by atoms with Gasteiger partial charge in [-0.05, 0) is 70.3 Å². The van der Waals surface area contributed by atoms with Crippen molar-refractivity contribution in [1.82, 2.24) is 9.96 Å². The Morgan fingerprint density at radius 3 is 2.61 bits per heavy atom. The van der Waals surface area contributed by atoms with E-state index >= 15 is 0 Å². The molecule has 2 aliphatic heterocycles. The van der Waals surface area contributed by atoms with Crippen LogP contribution in [-0.2, 0) is 31.1 Å². The number of aryl methyl sites for hydroxylation is 1. The molecule has 0 aromatic heterocycles. The van der Waals surface area contributed by atoms with Crippen molar-refractivity contribution in [3.63, 3.8) is 0 Å². The van der Waals surface area contributed by atoms with Gasteiger partial charge in [0.1, 0.15) is 0 Å². The zero-order chi connectivity index (χ0) is 23.9. The molecule has 0 saturated carbocycles. The summed E-state index contributed by atoms with van der Waals surface area (Å²) < 4.78 is 0. The first-order chi connectivity index (χ1) is 15.7. The second kappa shape index (κ2) is 8.82. The third kappa shape index (κ3) is 4.01. The standard InChI is InChI=1S/C25H32N2O6/c1-15-17(7-10-22(31)33-27-20(29)8-9-21(27)30)14-19(28)24(32)23(15)25-11-5-4-6-18(25)16(2)26(3)13-12-25/h4,6,14,16,18,28,32H,5,7-13H2,1-3H3. The summed E-state index contributed by atoms with van der Waals surface area (Å²) in [6, 6.07) is 1.78. The number of benzene rings is 1. The van der Waals surface area contributed by atoms with E-state index in [0.717, 1.165) is 42.5 Å². The number of hydroxylamine groups is 2. The largest absolute Gasteiger partial charge is 0.504 e.